The molecule has 7 aromatic rings. The van der Waals surface area contributed by atoms with E-state index in [0.717, 1.165) is 22.8 Å². The van der Waals surface area contributed by atoms with Gasteiger partial charge in [0.25, 0.3) is 0 Å². The second-order valence-corrected chi connectivity index (χ2v) is 14.0. The maximum Gasteiger partial charge on any atom is 0.372 e. The van der Waals surface area contributed by atoms with Crippen molar-refractivity contribution in [2.75, 3.05) is 19.1 Å². The Labute approximate surface area is 285 Å². The topological polar surface area (TPSA) is 21.7 Å². The predicted molar refractivity (Wildman–Crippen MR) is 204 cm³/mol. The molecule has 47 heavy (non-hydrogen) atoms. The lowest BCUT2D eigenvalue weighted by molar-refractivity contribution is 0.415. The number of aryl methyl sites for hydroxylation is 3. The molecule has 0 atom stereocenters. The Bertz CT molecular complexity index is 2070. The summed E-state index contributed by atoms with van der Waals surface area (Å²) in [6, 6.07) is 45.4. The van der Waals surface area contributed by atoms with E-state index >= 15 is 0 Å². The van der Waals surface area contributed by atoms with Crippen LogP contribution in [0.5, 0.6) is 5.75 Å². The molecule has 0 saturated carbocycles. The molecule has 0 aliphatic carbocycles. The molecule has 0 spiro atoms. The number of anilines is 3. The molecule has 232 valence electrons. The monoisotopic (exact) mass is 649 g/mol. The van der Waals surface area contributed by atoms with Gasteiger partial charge in [0.15, 0.2) is 0 Å². The zero-order chi connectivity index (χ0) is 32.5. The zero-order valence-electron chi connectivity index (χ0n) is 27.3. The third-order valence-electron chi connectivity index (χ3n) is 8.67. The lowest BCUT2D eigenvalue weighted by atomic mass is 9.57. The average Bonchev–Trinajstić information content (AvgIpc) is 3.66. The van der Waals surface area contributed by atoms with E-state index in [-0.39, 0.29) is 6.92 Å². The van der Waals surface area contributed by atoms with Gasteiger partial charge in [-0.1, -0.05) is 89.5 Å². The molecule has 3 nitrogen and oxygen atoms in total. The smallest absolute Gasteiger partial charge is 0.372 e. The maximum atomic E-state index is 6.22. The molecular weight excluding hydrogens is 613 g/mol. The van der Waals surface area contributed by atoms with E-state index in [9.17, 15) is 0 Å². The summed E-state index contributed by atoms with van der Waals surface area (Å²) >= 11 is 3.70. The Balaban J connectivity index is 1.34. The second-order valence-electron chi connectivity index (χ2n) is 11.9. The second kappa shape index (κ2) is 13.2. The van der Waals surface area contributed by atoms with Crippen molar-refractivity contribution < 1.29 is 9.39 Å². The van der Waals surface area contributed by atoms with E-state index in [1.807, 2.05) is 29.8 Å². The number of hydrogen-bond acceptors (Lipinski definition) is 5. The Kier molecular flexibility index (Phi) is 8.74. The Morgan fingerprint density at radius 3 is 1.70 bits per heavy atom. The first-order chi connectivity index (χ1) is 22.9. The van der Waals surface area contributed by atoms with E-state index in [0.29, 0.717) is 0 Å². The number of thiophene rings is 2. The van der Waals surface area contributed by atoms with Crippen LogP contribution in [0.3, 0.4) is 0 Å². The highest BCUT2D eigenvalue weighted by atomic mass is 32.1. The Hall–Kier alpha value is -4.62. The summed E-state index contributed by atoms with van der Waals surface area (Å²) in [4.78, 5) is 3.56. The fourth-order valence-electron chi connectivity index (χ4n) is 6.60. The van der Waals surface area contributed by atoms with Crippen LogP contribution in [0.2, 0.25) is 0 Å². The number of hydrogen-bond donors (Lipinski definition) is 0. The van der Waals surface area contributed by atoms with Crippen LogP contribution in [0, 0.1) is 20.8 Å². The summed E-state index contributed by atoms with van der Waals surface area (Å²) in [5.41, 5.74) is 12.1. The van der Waals surface area contributed by atoms with Gasteiger partial charge in [-0.2, -0.15) is 0 Å². The van der Waals surface area contributed by atoms with E-state index in [2.05, 4.69) is 153 Å². The first kappa shape index (κ1) is 31.0. The Morgan fingerprint density at radius 1 is 0.596 bits per heavy atom. The summed E-state index contributed by atoms with van der Waals surface area (Å²) in [7, 11) is 3.53. The molecule has 2 aromatic heterocycles. The highest BCUT2D eigenvalue weighted by Crippen LogP contribution is 2.47. The molecule has 5 aromatic carbocycles. The fraction of sp³-hybridized carbons (Fsp3) is 0.122. The number of fused-ring (bicyclic) bond motifs is 1. The average molecular weight is 650 g/mol. The van der Waals surface area contributed by atoms with Gasteiger partial charge in [0, 0.05) is 44.1 Å². The molecule has 0 bridgehead atoms. The zero-order valence-corrected chi connectivity index (χ0v) is 28.9. The first-order valence-electron chi connectivity index (χ1n) is 15.8. The SMILES string of the molecule is COB(c1cc2sc(-c3ccc(N(c4ccccc4)c4ccccc4)cc3)c(-c3ccc(OC)cc3)c2s1)c1c(C)cc(C)cc1C. The van der Waals surface area contributed by atoms with Crippen molar-refractivity contribution in [3.8, 4) is 27.3 Å². The van der Waals surface area contributed by atoms with E-state index in [1.165, 1.54) is 57.9 Å². The van der Waals surface area contributed by atoms with Crippen LogP contribution in [-0.2, 0) is 4.65 Å². The van der Waals surface area contributed by atoms with Crippen LogP contribution >= 0.6 is 22.7 Å². The lowest BCUT2D eigenvalue weighted by Gasteiger charge is -2.25. The number of benzene rings is 5. The van der Waals surface area contributed by atoms with Crippen LogP contribution in [0.4, 0.5) is 17.1 Å². The van der Waals surface area contributed by atoms with Gasteiger partial charge in [0.2, 0.25) is 0 Å². The molecule has 0 fully saturated rings. The van der Waals surface area contributed by atoms with Crippen LogP contribution in [0.25, 0.3) is 31.0 Å². The van der Waals surface area contributed by atoms with Crippen LogP contribution in [0.1, 0.15) is 16.7 Å². The molecule has 6 heteroatoms. The van der Waals surface area contributed by atoms with Gasteiger partial charge < -0.3 is 14.3 Å². The van der Waals surface area contributed by atoms with E-state index in [4.69, 9.17) is 9.39 Å². The first-order valence-corrected chi connectivity index (χ1v) is 17.4. The number of ether oxygens (including phenoxy) is 1. The fourth-order valence-corrected chi connectivity index (χ4v) is 9.38. The number of para-hydroxylation sites is 2. The number of nitrogens with zero attached hydrogens (tertiary/aromatic N) is 1. The van der Waals surface area contributed by atoms with Gasteiger partial charge in [-0.05, 0) is 92.0 Å². The van der Waals surface area contributed by atoms with Crippen LogP contribution in [-0.4, -0.2) is 21.1 Å². The van der Waals surface area contributed by atoms with E-state index < -0.39 is 0 Å². The molecule has 2 heterocycles. The molecular formula is C41H36BNO2S2. The largest absolute Gasteiger partial charge is 0.497 e. The number of methoxy groups -OCH3 is 1. The predicted octanol–water partition coefficient (Wildman–Crippen LogP) is 10.5. The standard InChI is InChI=1S/C41H36BNO2S2/c1-27-24-28(2)39(29(3)25-27)42(45-5)37-26-36-41(47-37)38(30-18-22-35(44-4)23-19-30)40(46-36)31-16-20-34(21-17-31)43(32-12-8-6-9-13-32)33-14-10-7-11-15-33/h6-26H,1-5H3. The van der Waals surface area contributed by atoms with Gasteiger partial charge in [-0.15, -0.1) is 22.7 Å². The molecule has 7 rings (SSSR count). The Morgan fingerprint density at radius 2 is 1.15 bits per heavy atom. The maximum absolute atomic E-state index is 6.22. The van der Waals surface area contributed by atoms with Crippen molar-refractivity contribution in [2.24, 2.45) is 0 Å². The van der Waals surface area contributed by atoms with Crippen molar-refractivity contribution in [3.05, 3.63) is 144 Å². The summed E-state index contributed by atoms with van der Waals surface area (Å²) in [5.74, 6) is 0.852. The minimum Gasteiger partial charge on any atom is -0.497 e. The van der Waals surface area contributed by atoms with Crippen molar-refractivity contribution in [1.29, 1.82) is 0 Å². The lowest BCUT2D eigenvalue weighted by Crippen LogP contribution is -2.45. The van der Waals surface area contributed by atoms with Gasteiger partial charge in [-0.25, -0.2) is 0 Å². The summed E-state index contributed by atoms with van der Waals surface area (Å²) in [6.45, 7) is 6.42. The van der Waals surface area contributed by atoms with Crippen LogP contribution in [0.15, 0.2) is 127 Å². The van der Waals surface area contributed by atoms with Crippen LogP contribution < -0.4 is 19.9 Å². The summed E-state index contributed by atoms with van der Waals surface area (Å²) in [5, 5.41) is 0. The number of rotatable bonds is 9. The summed E-state index contributed by atoms with van der Waals surface area (Å²) < 4.78 is 15.5. The highest BCUT2D eigenvalue weighted by molar-refractivity contribution is 7.36. The van der Waals surface area contributed by atoms with Crippen molar-refractivity contribution >= 4 is 66.3 Å². The molecule has 0 saturated heterocycles. The van der Waals surface area contributed by atoms with Gasteiger partial charge in [0.05, 0.1) is 11.8 Å². The minimum atomic E-state index is -0.117. The quantitative estimate of drug-likeness (QED) is 0.145. The third-order valence-corrected chi connectivity index (χ3v) is 11.2. The van der Waals surface area contributed by atoms with Crippen molar-refractivity contribution in [1.82, 2.24) is 0 Å². The molecule has 0 amide bonds. The van der Waals surface area contributed by atoms with Gasteiger partial charge >= 0.3 is 6.92 Å². The molecule has 0 aliphatic rings. The highest BCUT2D eigenvalue weighted by Gasteiger charge is 2.28. The molecule has 0 aliphatic heterocycles. The summed E-state index contributed by atoms with van der Waals surface area (Å²) in [6.07, 6.45) is 0. The molecule has 0 unspecified atom stereocenters. The van der Waals surface area contributed by atoms with Gasteiger partial charge in [0.1, 0.15) is 5.75 Å². The van der Waals surface area contributed by atoms with Gasteiger partial charge in [-0.3, -0.25) is 0 Å². The molecule has 0 radical (unpaired) electrons. The third kappa shape index (κ3) is 6.01. The normalized spacial score (nSPS) is 11.2. The van der Waals surface area contributed by atoms with Crippen molar-refractivity contribution in [2.45, 2.75) is 20.8 Å². The van der Waals surface area contributed by atoms with E-state index in [1.54, 1.807) is 7.11 Å². The van der Waals surface area contributed by atoms with Crippen molar-refractivity contribution in [3.63, 3.8) is 0 Å². The molecule has 0 N–H and O–H groups in total. The minimum absolute atomic E-state index is 0.117.